The average Bonchev–Trinajstić information content (AvgIpc) is 3.15. The Morgan fingerprint density at radius 2 is 1.96 bits per heavy atom. The number of nitrogens with zero attached hydrogens (tertiary/aromatic N) is 1. The van der Waals surface area contributed by atoms with Crippen molar-refractivity contribution >= 4 is 23.1 Å². The van der Waals surface area contributed by atoms with Gasteiger partial charge >= 0.3 is 0 Å². The number of rotatable bonds is 7. The van der Waals surface area contributed by atoms with Crippen molar-refractivity contribution in [2.24, 2.45) is 0 Å². The molecule has 0 spiro atoms. The first-order valence-electron chi connectivity index (χ1n) is 8.32. The minimum Gasteiger partial charge on any atom is -0.374 e. The van der Waals surface area contributed by atoms with Gasteiger partial charge in [0.25, 0.3) is 0 Å². The van der Waals surface area contributed by atoms with Gasteiger partial charge in [0.2, 0.25) is 0 Å². The van der Waals surface area contributed by atoms with Crippen molar-refractivity contribution in [3.63, 3.8) is 0 Å². The molecule has 1 heterocycles. The molecule has 0 bridgehead atoms. The maximum Gasteiger partial charge on any atom is 0.162 e. The number of Topliss-reactive ketones (excluding diaryl/α,β-unsaturated/α-hetero) is 1. The maximum atomic E-state index is 12.0. The van der Waals surface area contributed by atoms with Crippen molar-refractivity contribution in [3.8, 4) is 0 Å². The van der Waals surface area contributed by atoms with Gasteiger partial charge in [0.15, 0.2) is 5.78 Å². The third-order valence-electron chi connectivity index (χ3n) is 4.06. The van der Waals surface area contributed by atoms with Crippen molar-refractivity contribution in [2.75, 3.05) is 5.32 Å². The fourth-order valence-electron chi connectivity index (χ4n) is 2.76. The van der Waals surface area contributed by atoms with Gasteiger partial charge in [0, 0.05) is 34.5 Å². The van der Waals surface area contributed by atoms with E-state index in [1.165, 1.54) is 0 Å². The third-order valence-corrected chi connectivity index (χ3v) is 4.41. The van der Waals surface area contributed by atoms with E-state index in [4.69, 9.17) is 11.6 Å². The number of H-pyrrole nitrogens is 1. The first-order valence-corrected chi connectivity index (χ1v) is 8.69. The maximum absolute atomic E-state index is 12.0. The van der Waals surface area contributed by atoms with Crippen molar-refractivity contribution in [2.45, 2.75) is 25.8 Å². The number of benzene rings is 2. The quantitative estimate of drug-likeness (QED) is 0.570. The molecule has 1 atom stereocenters. The average molecular weight is 354 g/mol. The lowest BCUT2D eigenvalue weighted by Gasteiger charge is -2.20. The van der Waals surface area contributed by atoms with E-state index < -0.39 is 0 Å². The highest BCUT2D eigenvalue weighted by Crippen LogP contribution is 2.31. The number of aromatic amines is 1. The number of hydrogen-bond donors (Lipinski definition) is 2. The van der Waals surface area contributed by atoms with E-state index in [0.29, 0.717) is 11.4 Å². The van der Waals surface area contributed by atoms with Crippen molar-refractivity contribution in [3.05, 3.63) is 82.6 Å². The SMILES string of the molecule is CCCC(=O)c1ccc(NC(c2cn[nH]c2)c2ccccc2Cl)cc1. The van der Waals surface area contributed by atoms with Gasteiger partial charge in [-0.15, -0.1) is 0 Å². The first-order chi connectivity index (χ1) is 12.2. The van der Waals surface area contributed by atoms with E-state index in [-0.39, 0.29) is 11.8 Å². The third kappa shape index (κ3) is 4.09. The van der Waals surface area contributed by atoms with Crippen molar-refractivity contribution in [1.82, 2.24) is 10.2 Å². The first kappa shape index (κ1) is 17.2. The number of anilines is 1. The molecular formula is C20H20ClN3O. The number of ketones is 1. The summed E-state index contributed by atoms with van der Waals surface area (Å²) in [5, 5.41) is 11.1. The topological polar surface area (TPSA) is 57.8 Å². The molecule has 3 aromatic rings. The van der Waals surface area contributed by atoms with Gasteiger partial charge in [0.05, 0.1) is 12.2 Å². The highest BCUT2D eigenvalue weighted by atomic mass is 35.5. The second-order valence-corrected chi connectivity index (χ2v) is 6.29. The summed E-state index contributed by atoms with van der Waals surface area (Å²) in [6.45, 7) is 2.01. The Kier molecular flexibility index (Phi) is 5.51. The summed E-state index contributed by atoms with van der Waals surface area (Å²) in [5.74, 6) is 0.173. The zero-order valence-corrected chi connectivity index (χ0v) is 14.8. The number of hydrogen-bond acceptors (Lipinski definition) is 3. The molecule has 0 aliphatic carbocycles. The second-order valence-electron chi connectivity index (χ2n) is 5.88. The Bertz CT molecular complexity index is 828. The fraction of sp³-hybridized carbons (Fsp3) is 0.200. The van der Waals surface area contributed by atoms with Gasteiger partial charge in [-0.1, -0.05) is 36.7 Å². The summed E-state index contributed by atoms with van der Waals surface area (Å²) in [5.41, 5.74) is 3.61. The minimum atomic E-state index is -0.135. The summed E-state index contributed by atoms with van der Waals surface area (Å²) < 4.78 is 0. The highest BCUT2D eigenvalue weighted by Gasteiger charge is 2.18. The number of halogens is 1. The van der Waals surface area contributed by atoms with E-state index in [9.17, 15) is 4.79 Å². The summed E-state index contributed by atoms with van der Waals surface area (Å²) in [6.07, 6.45) is 5.05. The van der Waals surface area contributed by atoms with Crippen LogP contribution in [-0.4, -0.2) is 16.0 Å². The van der Waals surface area contributed by atoms with Crippen LogP contribution in [0, 0.1) is 0 Å². The van der Waals surface area contributed by atoms with Gasteiger partial charge in [0.1, 0.15) is 0 Å². The molecule has 1 aromatic heterocycles. The molecule has 0 radical (unpaired) electrons. The van der Waals surface area contributed by atoms with Crippen LogP contribution in [-0.2, 0) is 0 Å². The molecule has 0 aliphatic heterocycles. The van der Waals surface area contributed by atoms with Crippen LogP contribution in [0.5, 0.6) is 0 Å². The van der Waals surface area contributed by atoms with E-state index >= 15 is 0 Å². The lowest BCUT2D eigenvalue weighted by molar-refractivity contribution is 0.0982. The molecule has 25 heavy (non-hydrogen) atoms. The Morgan fingerprint density at radius 3 is 2.60 bits per heavy atom. The summed E-state index contributed by atoms with van der Waals surface area (Å²) in [4.78, 5) is 12.0. The minimum absolute atomic E-state index is 0.135. The number of carbonyl (C=O) groups is 1. The Labute approximate surface area is 152 Å². The van der Waals surface area contributed by atoms with Crippen LogP contribution in [0.2, 0.25) is 5.02 Å². The zero-order valence-electron chi connectivity index (χ0n) is 14.0. The smallest absolute Gasteiger partial charge is 0.162 e. The van der Waals surface area contributed by atoms with Crippen molar-refractivity contribution in [1.29, 1.82) is 0 Å². The Morgan fingerprint density at radius 1 is 1.20 bits per heavy atom. The Balaban J connectivity index is 1.86. The molecule has 0 aliphatic rings. The molecule has 0 saturated carbocycles. The number of carbonyl (C=O) groups excluding carboxylic acids is 1. The van der Waals surface area contributed by atoms with Crippen LogP contribution in [0.3, 0.4) is 0 Å². The Hall–Kier alpha value is -2.59. The monoisotopic (exact) mass is 353 g/mol. The molecule has 3 rings (SSSR count). The van der Waals surface area contributed by atoms with Gasteiger partial charge < -0.3 is 5.32 Å². The van der Waals surface area contributed by atoms with Crippen LogP contribution < -0.4 is 5.32 Å². The van der Waals surface area contributed by atoms with Crippen molar-refractivity contribution < 1.29 is 4.79 Å². The summed E-state index contributed by atoms with van der Waals surface area (Å²) >= 11 is 6.39. The van der Waals surface area contributed by atoms with E-state index in [1.807, 2.05) is 61.7 Å². The fourth-order valence-corrected chi connectivity index (χ4v) is 3.00. The molecule has 0 amide bonds. The van der Waals surface area contributed by atoms with E-state index in [2.05, 4.69) is 15.5 Å². The summed E-state index contributed by atoms with van der Waals surface area (Å²) in [6, 6.07) is 15.2. The van der Waals surface area contributed by atoms with E-state index in [0.717, 1.165) is 28.8 Å². The highest BCUT2D eigenvalue weighted by molar-refractivity contribution is 6.31. The number of aromatic nitrogens is 2. The molecular weight excluding hydrogens is 334 g/mol. The van der Waals surface area contributed by atoms with Crippen LogP contribution in [0.25, 0.3) is 0 Å². The molecule has 2 aromatic carbocycles. The molecule has 0 fully saturated rings. The predicted octanol–water partition coefficient (Wildman–Crippen LogP) is 5.25. The van der Waals surface area contributed by atoms with Crippen LogP contribution in [0.15, 0.2) is 60.9 Å². The molecule has 1 unspecified atom stereocenters. The van der Waals surface area contributed by atoms with Gasteiger partial charge in [-0.3, -0.25) is 9.89 Å². The molecule has 5 heteroatoms. The lowest BCUT2D eigenvalue weighted by Crippen LogP contribution is -2.12. The second kappa shape index (κ2) is 7.99. The van der Waals surface area contributed by atoms with Crippen LogP contribution >= 0.6 is 11.6 Å². The van der Waals surface area contributed by atoms with Gasteiger partial charge in [-0.05, 0) is 42.3 Å². The molecule has 4 nitrogen and oxygen atoms in total. The summed E-state index contributed by atoms with van der Waals surface area (Å²) in [7, 11) is 0. The van der Waals surface area contributed by atoms with Crippen LogP contribution in [0.4, 0.5) is 5.69 Å². The predicted molar refractivity (Wildman–Crippen MR) is 101 cm³/mol. The largest absolute Gasteiger partial charge is 0.374 e. The van der Waals surface area contributed by atoms with E-state index in [1.54, 1.807) is 6.20 Å². The molecule has 128 valence electrons. The number of nitrogens with one attached hydrogen (secondary N) is 2. The lowest BCUT2D eigenvalue weighted by atomic mass is 10.0. The van der Waals surface area contributed by atoms with Gasteiger partial charge in [-0.25, -0.2) is 0 Å². The molecule has 2 N–H and O–H groups in total. The normalized spacial score (nSPS) is 11.9. The molecule has 0 saturated heterocycles. The standard InChI is InChI=1S/C20H20ClN3O/c1-2-5-19(25)14-8-10-16(11-9-14)24-20(15-12-22-23-13-15)17-6-3-4-7-18(17)21/h3-4,6-13,20,24H,2,5H2,1H3,(H,22,23). The van der Waals surface area contributed by atoms with Crippen LogP contribution in [0.1, 0.15) is 47.3 Å². The van der Waals surface area contributed by atoms with Gasteiger partial charge in [-0.2, -0.15) is 5.10 Å². The zero-order chi connectivity index (χ0) is 17.6.